The number of carbonyl (C=O) groups is 3. The molecule has 58 heavy (non-hydrogen) atoms. The monoisotopic (exact) mass is 810 g/mol. The minimum atomic E-state index is -0.833. The third kappa shape index (κ3) is 13.1. The summed E-state index contributed by atoms with van der Waals surface area (Å²) in [6.07, 6.45) is 3.13. The Kier molecular flexibility index (Phi) is 17.0. The molecule has 2 aromatic heterocycles. The summed E-state index contributed by atoms with van der Waals surface area (Å²) in [4.78, 5) is 40.8. The van der Waals surface area contributed by atoms with Crippen molar-refractivity contribution in [1.29, 1.82) is 0 Å². The first-order chi connectivity index (χ1) is 27.1. The highest BCUT2D eigenvalue weighted by molar-refractivity contribution is 5.98. The highest BCUT2D eigenvalue weighted by Gasteiger charge is 2.31. The first-order valence-electron chi connectivity index (χ1n) is 17.2. The van der Waals surface area contributed by atoms with Gasteiger partial charge in [-0.1, -0.05) is 22.4 Å². The number of aliphatic carboxylic acids is 1. The second-order valence-corrected chi connectivity index (χ2v) is 13.9. The number of rotatable bonds is 12. The fraction of sp³-hybridized carbons (Fsp3) is 0.325. The van der Waals surface area contributed by atoms with E-state index in [2.05, 4.69) is 20.3 Å². The average molecular weight is 811 g/mol. The number of amidine groups is 2. The molecule has 0 spiro atoms. The molecule has 0 unspecified atom stereocenters. The lowest BCUT2D eigenvalue weighted by atomic mass is 9.95. The molecular weight excluding hydrogens is 762 g/mol. The van der Waals surface area contributed by atoms with Gasteiger partial charge in [0.05, 0.1) is 36.2 Å². The van der Waals surface area contributed by atoms with Crippen LogP contribution in [0.4, 0.5) is 8.78 Å². The molecule has 2 aromatic carbocycles. The van der Waals surface area contributed by atoms with E-state index in [-0.39, 0.29) is 48.0 Å². The summed E-state index contributed by atoms with van der Waals surface area (Å²) in [5.41, 5.74) is 13.5. The van der Waals surface area contributed by atoms with Crippen LogP contribution in [-0.4, -0.2) is 82.5 Å². The lowest BCUT2D eigenvalue weighted by molar-refractivity contribution is -0.153. The Morgan fingerprint density at radius 1 is 0.690 bits per heavy atom. The summed E-state index contributed by atoms with van der Waals surface area (Å²) >= 11 is 0. The number of nitrogens with zero attached hydrogens (tertiary/aromatic N) is 4. The minimum absolute atomic E-state index is 0.0110. The number of benzene rings is 2. The number of halogens is 2. The van der Waals surface area contributed by atoms with Gasteiger partial charge in [-0.3, -0.25) is 14.4 Å². The van der Waals surface area contributed by atoms with E-state index in [4.69, 9.17) is 50.7 Å². The van der Waals surface area contributed by atoms with Gasteiger partial charge in [0.2, 0.25) is 11.8 Å². The number of carboxylic acids is 1. The van der Waals surface area contributed by atoms with Gasteiger partial charge in [-0.2, -0.15) is 0 Å². The highest BCUT2D eigenvalue weighted by Crippen LogP contribution is 2.29. The molecule has 7 N–H and O–H groups in total. The predicted octanol–water partition coefficient (Wildman–Crippen LogP) is 5.83. The summed E-state index contributed by atoms with van der Waals surface area (Å²) in [6.45, 7) is 11.8. The summed E-state index contributed by atoms with van der Waals surface area (Å²) in [5.74, 6) is -2.71. The van der Waals surface area contributed by atoms with Gasteiger partial charge in [-0.15, -0.1) is 0 Å². The van der Waals surface area contributed by atoms with Crippen LogP contribution in [0.3, 0.4) is 0 Å². The molecule has 0 amide bonds. The molecule has 18 heteroatoms. The van der Waals surface area contributed by atoms with Gasteiger partial charge in [-0.25, -0.2) is 18.7 Å². The number of pyridine rings is 2. The minimum Gasteiger partial charge on any atom is -0.481 e. The Balaban J connectivity index is 0.000000366. The van der Waals surface area contributed by atoms with E-state index in [1.54, 1.807) is 64.4 Å². The zero-order chi connectivity index (χ0) is 44.0. The quantitative estimate of drug-likeness (QED) is 0.0371. The Morgan fingerprint density at radius 3 is 1.28 bits per heavy atom. The number of methoxy groups -OCH3 is 2. The molecule has 0 radical (unpaired) electrons. The molecule has 0 aliphatic rings. The van der Waals surface area contributed by atoms with Crippen molar-refractivity contribution < 1.29 is 57.6 Å². The van der Waals surface area contributed by atoms with Crippen LogP contribution in [-0.2, 0) is 23.9 Å². The number of ether oxygens (including phenoxy) is 4. The number of aryl methyl sites for hydroxylation is 2. The molecule has 2 heterocycles. The molecule has 0 bridgehead atoms. The van der Waals surface area contributed by atoms with E-state index in [9.17, 15) is 18.4 Å². The van der Waals surface area contributed by atoms with Crippen molar-refractivity contribution in [3.8, 4) is 34.0 Å². The van der Waals surface area contributed by atoms with Crippen LogP contribution in [0.15, 0.2) is 71.2 Å². The van der Waals surface area contributed by atoms with Crippen molar-refractivity contribution in [2.24, 2.45) is 32.6 Å². The van der Waals surface area contributed by atoms with Gasteiger partial charge in [0.15, 0.2) is 11.7 Å². The van der Waals surface area contributed by atoms with Crippen LogP contribution < -0.4 is 20.9 Å². The third-order valence-corrected chi connectivity index (χ3v) is 8.14. The molecule has 0 atom stereocenters. The molecule has 0 fully saturated rings. The number of esters is 2. The van der Waals surface area contributed by atoms with Gasteiger partial charge in [0.1, 0.15) is 24.8 Å². The number of nitrogens with two attached hydrogens (primary N) is 2. The fourth-order valence-corrected chi connectivity index (χ4v) is 4.89. The van der Waals surface area contributed by atoms with Crippen molar-refractivity contribution in [2.45, 2.75) is 48.5 Å². The van der Waals surface area contributed by atoms with Crippen molar-refractivity contribution in [3.05, 3.63) is 94.8 Å². The number of hydrogen-bond acceptors (Lipinski definition) is 13. The summed E-state index contributed by atoms with van der Waals surface area (Å²) in [5, 5.41) is 30.4. The Hall–Kier alpha value is -6.85. The number of aromatic nitrogens is 2. The van der Waals surface area contributed by atoms with Gasteiger partial charge < -0.3 is 45.9 Å². The highest BCUT2D eigenvalue weighted by atomic mass is 19.1. The van der Waals surface area contributed by atoms with Crippen LogP contribution >= 0.6 is 0 Å². The fourth-order valence-electron chi connectivity index (χ4n) is 4.89. The Morgan fingerprint density at radius 2 is 1.02 bits per heavy atom. The lowest BCUT2D eigenvalue weighted by Gasteiger charge is -2.21. The van der Waals surface area contributed by atoms with Crippen molar-refractivity contribution in [3.63, 3.8) is 0 Å². The molecule has 0 aliphatic heterocycles. The molecular formula is C40H48F2N6O10. The standard InChI is InChI=1S/2C19H22FN3O4.C2H4O2/c2*1-11-7-16(27-10-19(2,3)18(24)26-4)22-9-14(11)12-5-6-13(15(20)8-12)17(21)23-25;1-2(3)4/h2*5-9,25H,10H2,1-4H3,(H2,21,23);1H3,(H,3,4). The van der Waals surface area contributed by atoms with Crippen LogP contribution in [0.1, 0.15) is 56.9 Å². The zero-order valence-corrected chi connectivity index (χ0v) is 33.6. The second kappa shape index (κ2) is 20.9. The van der Waals surface area contributed by atoms with Crippen molar-refractivity contribution >= 4 is 29.6 Å². The van der Waals surface area contributed by atoms with Crippen molar-refractivity contribution in [1.82, 2.24) is 9.97 Å². The normalized spacial score (nSPS) is 11.6. The van der Waals surface area contributed by atoms with E-state index in [0.717, 1.165) is 18.1 Å². The zero-order valence-electron chi connectivity index (χ0n) is 33.6. The van der Waals surface area contributed by atoms with Gasteiger partial charge in [-0.05, 0) is 88.1 Å². The number of carboxylic acid groups (broad SMARTS) is 1. The number of hydrogen-bond donors (Lipinski definition) is 5. The summed E-state index contributed by atoms with van der Waals surface area (Å²) < 4.78 is 49.1. The first kappa shape index (κ1) is 47.3. The molecule has 4 rings (SSSR count). The van der Waals surface area contributed by atoms with Crippen LogP contribution in [0.2, 0.25) is 0 Å². The first-order valence-corrected chi connectivity index (χ1v) is 17.2. The van der Waals surface area contributed by atoms with Crippen molar-refractivity contribution in [2.75, 3.05) is 27.4 Å². The summed E-state index contributed by atoms with van der Waals surface area (Å²) in [6, 6.07) is 12.2. The van der Waals surface area contributed by atoms with E-state index >= 15 is 0 Å². The molecule has 0 aliphatic carbocycles. The molecule has 0 saturated carbocycles. The Labute approximate surface area is 334 Å². The van der Waals surface area contributed by atoms with E-state index in [1.165, 1.54) is 38.5 Å². The van der Waals surface area contributed by atoms with Gasteiger partial charge in [0, 0.05) is 42.6 Å². The molecule has 16 nitrogen and oxygen atoms in total. The van der Waals surface area contributed by atoms with E-state index < -0.39 is 28.4 Å². The average Bonchev–Trinajstić information content (AvgIpc) is 3.18. The molecule has 312 valence electrons. The van der Waals surface area contributed by atoms with Crippen LogP contribution in [0.5, 0.6) is 11.8 Å². The van der Waals surface area contributed by atoms with Crippen LogP contribution in [0.25, 0.3) is 22.3 Å². The summed E-state index contributed by atoms with van der Waals surface area (Å²) in [7, 11) is 2.65. The van der Waals surface area contributed by atoms with Gasteiger partial charge in [0.25, 0.3) is 5.97 Å². The molecule has 4 aromatic rings. The smallest absolute Gasteiger partial charge is 0.314 e. The SMILES string of the molecule is CC(=O)O.COC(=O)C(C)(C)COc1cc(C)c(-c2ccc(C(N)=NO)c(F)c2)cn1.COC(=O)C(C)(C)COc1cc(C)c(-c2ccc(C(N)=NO)c(F)c2)cn1. The third-order valence-electron chi connectivity index (χ3n) is 8.14. The largest absolute Gasteiger partial charge is 0.481 e. The molecule has 0 saturated heterocycles. The maximum Gasteiger partial charge on any atom is 0.314 e. The predicted molar refractivity (Wildman–Crippen MR) is 210 cm³/mol. The second-order valence-electron chi connectivity index (χ2n) is 13.9. The van der Waals surface area contributed by atoms with E-state index in [1.807, 2.05) is 13.8 Å². The maximum atomic E-state index is 14.2. The Bertz CT molecular complexity index is 2010. The number of oxime groups is 2. The van der Waals surface area contributed by atoms with Crippen LogP contribution in [0, 0.1) is 36.3 Å². The van der Waals surface area contributed by atoms with Gasteiger partial charge >= 0.3 is 11.9 Å². The number of carbonyl (C=O) groups excluding carboxylic acids is 2. The maximum absolute atomic E-state index is 14.2. The topological polar surface area (TPSA) is 251 Å². The van der Waals surface area contributed by atoms with E-state index in [0.29, 0.717) is 34.0 Å². The lowest BCUT2D eigenvalue weighted by Crippen LogP contribution is -2.32.